The fourth-order valence-electron chi connectivity index (χ4n) is 0.829. The van der Waals surface area contributed by atoms with Crippen molar-refractivity contribution < 1.29 is 37.4 Å². The predicted octanol–water partition coefficient (Wildman–Crippen LogP) is -0.354. The molecule has 3 amide bonds. The van der Waals surface area contributed by atoms with E-state index in [1.165, 1.54) is 12.2 Å². The Morgan fingerprint density at radius 1 is 1.28 bits per heavy atom. The number of esters is 1. The van der Waals surface area contributed by atoms with Crippen LogP contribution in [-0.4, -0.2) is 41.5 Å². The van der Waals surface area contributed by atoms with Gasteiger partial charge in [-0.2, -0.15) is 13.2 Å². The summed E-state index contributed by atoms with van der Waals surface area (Å²) in [4.78, 5) is 32.4. The van der Waals surface area contributed by atoms with Crippen LogP contribution in [0, 0.1) is 0 Å². The summed E-state index contributed by atoms with van der Waals surface area (Å²) in [7, 11) is 0. The van der Waals surface area contributed by atoms with Crippen molar-refractivity contribution >= 4 is 17.9 Å². The summed E-state index contributed by atoms with van der Waals surface area (Å²) in [5, 5.41) is 11.5. The van der Waals surface area contributed by atoms with Gasteiger partial charge in [-0.15, -0.1) is 0 Å². The van der Waals surface area contributed by atoms with Gasteiger partial charge in [0.25, 0.3) is 0 Å². The Morgan fingerprint density at radius 2 is 1.78 bits per heavy atom. The van der Waals surface area contributed by atoms with Crippen molar-refractivity contribution in [3.63, 3.8) is 0 Å². The van der Waals surface area contributed by atoms with Gasteiger partial charge in [-0.3, -0.25) is 15.4 Å². The van der Waals surface area contributed by atoms with E-state index in [4.69, 9.17) is 5.11 Å². The Balaban J connectivity index is 5.07. The first-order valence-electron chi connectivity index (χ1n) is 4.60. The quantitative estimate of drug-likeness (QED) is 0.481. The lowest BCUT2D eigenvalue weighted by molar-refractivity contribution is -0.268. The molecule has 0 aliphatic rings. The van der Waals surface area contributed by atoms with Crippen LogP contribution in [0.4, 0.5) is 18.0 Å². The Hall–Kier alpha value is -1.84. The number of hydrogen-bond acceptors (Lipinski definition) is 5. The molecular weight excluding hydrogens is 261 g/mol. The minimum atomic E-state index is -5.51. The van der Waals surface area contributed by atoms with E-state index in [1.807, 2.05) is 0 Å². The van der Waals surface area contributed by atoms with Crippen LogP contribution in [0.15, 0.2) is 0 Å². The normalized spacial score (nSPS) is 14.3. The molecule has 0 saturated carbocycles. The Bertz CT molecular complexity index is 357. The third-order valence-corrected chi connectivity index (χ3v) is 1.57. The zero-order valence-electron chi connectivity index (χ0n) is 9.42. The molecule has 0 aromatic rings. The molecule has 104 valence electrons. The van der Waals surface area contributed by atoms with Gasteiger partial charge in [0.2, 0.25) is 5.91 Å². The molecule has 0 bridgehead atoms. The lowest BCUT2D eigenvalue weighted by atomic mass is 10.2. The molecule has 0 aromatic carbocycles. The van der Waals surface area contributed by atoms with E-state index in [9.17, 15) is 27.6 Å². The number of carbonyl (C=O) groups is 3. The second-order valence-electron chi connectivity index (χ2n) is 3.06. The largest absolute Gasteiger partial charge is 0.462 e. The highest BCUT2D eigenvalue weighted by Crippen LogP contribution is 2.29. The Morgan fingerprint density at radius 3 is 2.11 bits per heavy atom. The molecule has 0 heterocycles. The number of urea groups is 1. The molecule has 0 rings (SSSR count). The molecule has 7 nitrogen and oxygen atoms in total. The SMILES string of the molecule is CCOC(=O)[C@@](O)(NC(=O)NC(C)=O)C(F)(F)F. The molecular formula is C8H11F3N2O5. The number of hydrogen-bond donors (Lipinski definition) is 3. The maximum Gasteiger partial charge on any atom is 0.448 e. The number of alkyl halides is 3. The van der Waals surface area contributed by atoms with Crippen LogP contribution in [0.25, 0.3) is 0 Å². The van der Waals surface area contributed by atoms with Gasteiger partial charge >= 0.3 is 23.9 Å². The summed E-state index contributed by atoms with van der Waals surface area (Å²) in [5.41, 5.74) is -4.22. The molecule has 18 heavy (non-hydrogen) atoms. The van der Waals surface area contributed by atoms with Crippen molar-refractivity contribution in [2.24, 2.45) is 0 Å². The third-order valence-electron chi connectivity index (χ3n) is 1.57. The van der Waals surface area contributed by atoms with Crippen LogP contribution in [0.3, 0.4) is 0 Å². The second-order valence-corrected chi connectivity index (χ2v) is 3.06. The molecule has 0 spiro atoms. The van der Waals surface area contributed by atoms with Gasteiger partial charge in [0.1, 0.15) is 0 Å². The zero-order valence-corrected chi connectivity index (χ0v) is 9.42. The fraction of sp³-hybridized carbons (Fsp3) is 0.625. The number of rotatable bonds is 3. The van der Waals surface area contributed by atoms with E-state index in [-0.39, 0.29) is 0 Å². The van der Waals surface area contributed by atoms with Crippen LogP contribution in [0.1, 0.15) is 13.8 Å². The van der Waals surface area contributed by atoms with E-state index in [0.29, 0.717) is 0 Å². The zero-order chi connectivity index (χ0) is 14.6. The highest BCUT2D eigenvalue weighted by molar-refractivity contribution is 5.95. The topological polar surface area (TPSA) is 105 Å². The smallest absolute Gasteiger partial charge is 0.448 e. The predicted molar refractivity (Wildman–Crippen MR) is 50.0 cm³/mol. The molecule has 0 unspecified atom stereocenters. The summed E-state index contributed by atoms with van der Waals surface area (Å²) < 4.78 is 41.5. The van der Waals surface area contributed by atoms with E-state index in [2.05, 4.69) is 4.74 Å². The summed E-state index contributed by atoms with van der Waals surface area (Å²) in [5.74, 6) is -3.07. The lowest BCUT2D eigenvalue weighted by Crippen LogP contribution is -2.66. The van der Waals surface area contributed by atoms with Gasteiger partial charge in [0.05, 0.1) is 6.61 Å². The average Bonchev–Trinajstić information content (AvgIpc) is 2.14. The number of nitrogens with one attached hydrogen (secondary N) is 2. The van der Waals surface area contributed by atoms with E-state index in [0.717, 1.165) is 12.2 Å². The molecule has 10 heteroatoms. The number of halogens is 3. The van der Waals surface area contributed by atoms with Gasteiger partial charge in [-0.1, -0.05) is 0 Å². The maximum atomic E-state index is 12.5. The van der Waals surface area contributed by atoms with Crippen LogP contribution < -0.4 is 10.6 Å². The van der Waals surface area contributed by atoms with Crippen molar-refractivity contribution in [3.8, 4) is 0 Å². The van der Waals surface area contributed by atoms with Crippen molar-refractivity contribution in [1.29, 1.82) is 0 Å². The number of ether oxygens (including phenoxy) is 1. The lowest BCUT2D eigenvalue weighted by Gasteiger charge is -2.28. The van der Waals surface area contributed by atoms with Crippen LogP contribution in [-0.2, 0) is 14.3 Å². The highest BCUT2D eigenvalue weighted by atomic mass is 19.4. The minimum Gasteiger partial charge on any atom is -0.462 e. The Labute approximate surface area is 99.3 Å². The number of amides is 3. The van der Waals surface area contributed by atoms with Crippen molar-refractivity contribution in [2.45, 2.75) is 25.7 Å². The molecule has 0 fully saturated rings. The first kappa shape index (κ1) is 16.2. The van der Waals surface area contributed by atoms with Crippen LogP contribution >= 0.6 is 0 Å². The number of carbonyl (C=O) groups excluding carboxylic acids is 3. The van der Waals surface area contributed by atoms with Gasteiger partial charge in [0, 0.05) is 6.92 Å². The van der Waals surface area contributed by atoms with Gasteiger partial charge in [0.15, 0.2) is 0 Å². The highest BCUT2D eigenvalue weighted by Gasteiger charge is 2.62. The summed E-state index contributed by atoms with van der Waals surface area (Å²) >= 11 is 0. The van der Waals surface area contributed by atoms with Gasteiger partial charge in [-0.05, 0) is 6.92 Å². The van der Waals surface area contributed by atoms with Crippen molar-refractivity contribution in [2.75, 3.05) is 6.61 Å². The summed E-state index contributed by atoms with van der Waals surface area (Å²) in [6.07, 6.45) is -5.51. The van der Waals surface area contributed by atoms with E-state index < -0.39 is 36.4 Å². The molecule has 0 radical (unpaired) electrons. The minimum absolute atomic E-state index is 0.437. The van der Waals surface area contributed by atoms with Gasteiger partial charge < -0.3 is 9.84 Å². The van der Waals surface area contributed by atoms with Crippen molar-refractivity contribution in [1.82, 2.24) is 10.6 Å². The van der Waals surface area contributed by atoms with E-state index in [1.54, 1.807) is 0 Å². The van der Waals surface area contributed by atoms with Crippen LogP contribution in [0.2, 0.25) is 0 Å². The second kappa shape index (κ2) is 5.67. The van der Waals surface area contributed by atoms with Crippen LogP contribution in [0.5, 0.6) is 0 Å². The third kappa shape index (κ3) is 3.87. The number of aliphatic hydroxyl groups is 1. The first-order valence-corrected chi connectivity index (χ1v) is 4.60. The van der Waals surface area contributed by atoms with E-state index >= 15 is 0 Å². The molecule has 0 aliphatic carbocycles. The fourth-order valence-corrected chi connectivity index (χ4v) is 0.829. The molecule has 0 aliphatic heterocycles. The van der Waals surface area contributed by atoms with Gasteiger partial charge in [-0.25, -0.2) is 9.59 Å². The summed E-state index contributed by atoms with van der Waals surface area (Å²) in [6, 6.07) is -1.68. The maximum absolute atomic E-state index is 12.5. The molecule has 0 aromatic heterocycles. The monoisotopic (exact) mass is 272 g/mol. The number of imide groups is 1. The average molecular weight is 272 g/mol. The van der Waals surface area contributed by atoms with Crippen molar-refractivity contribution in [3.05, 3.63) is 0 Å². The first-order chi connectivity index (χ1) is 8.04. The molecule has 3 N–H and O–H groups in total. The molecule has 1 atom stereocenters. The Kier molecular flexibility index (Phi) is 5.09. The molecule has 0 saturated heterocycles. The summed E-state index contributed by atoms with van der Waals surface area (Å²) in [6.45, 7) is 1.63. The standard InChI is InChI=1S/C8H11F3N2O5/c1-3-18-5(15)7(17,8(9,10)11)13-6(16)12-4(2)14/h17H,3H2,1-2H3,(H2,12,13,14,16)/t7-/m0/s1.